The number of rotatable bonds is 5. The monoisotopic (exact) mass is 302 g/mol. The molecule has 0 unspecified atom stereocenters. The van der Waals surface area contributed by atoms with Crippen LogP contribution >= 0.6 is 0 Å². The maximum atomic E-state index is 12.2. The molecule has 7 heteroatoms. The van der Waals surface area contributed by atoms with Crippen molar-refractivity contribution >= 4 is 17.3 Å². The molecule has 22 heavy (non-hydrogen) atoms. The second-order valence-corrected chi connectivity index (χ2v) is 4.31. The Kier molecular flexibility index (Phi) is 4.57. The van der Waals surface area contributed by atoms with E-state index in [4.69, 9.17) is 9.47 Å². The molecule has 0 fully saturated rings. The largest absolute Gasteiger partial charge is 0.493 e. The zero-order valence-corrected chi connectivity index (χ0v) is 12.0. The minimum absolute atomic E-state index is 0.0243. The molecule has 0 saturated heterocycles. The average Bonchev–Trinajstić information content (AvgIpc) is 2.54. The van der Waals surface area contributed by atoms with E-state index in [1.165, 1.54) is 20.3 Å². The fourth-order valence-corrected chi connectivity index (χ4v) is 1.94. The normalized spacial score (nSPS) is 9.91. The fourth-order valence-electron chi connectivity index (χ4n) is 1.94. The molecule has 0 radical (unpaired) electrons. The van der Waals surface area contributed by atoms with Gasteiger partial charge in [-0.05, 0) is 18.2 Å². The smallest absolute Gasteiger partial charge is 0.315 e. The van der Waals surface area contributed by atoms with Gasteiger partial charge in [-0.3, -0.25) is 14.9 Å². The number of nitro benzene ring substituents is 1. The number of nitrogens with one attached hydrogen (secondary N) is 1. The van der Waals surface area contributed by atoms with E-state index in [1.54, 1.807) is 24.3 Å². The molecule has 0 bridgehead atoms. The lowest BCUT2D eigenvalue weighted by atomic mass is 10.1. The highest BCUT2D eigenvalue weighted by Gasteiger charge is 2.23. The molecule has 1 N–H and O–H groups in total. The van der Waals surface area contributed by atoms with E-state index in [0.29, 0.717) is 5.69 Å². The van der Waals surface area contributed by atoms with E-state index in [0.717, 1.165) is 6.07 Å². The molecule has 0 spiro atoms. The predicted octanol–water partition coefficient (Wildman–Crippen LogP) is 2.86. The van der Waals surface area contributed by atoms with Crippen molar-refractivity contribution in [3.05, 3.63) is 58.1 Å². The predicted molar refractivity (Wildman–Crippen MR) is 80.6 cm³/mol. The molecule has 0 aromatic heterocycles. The van der Waals surface area contributed by atoms with Gasteiger partial charge in [-0.2, -0.15) is 0 Å². The van der Waals surface area contributed by atoms with Crippen LogP contribution in [-0.4, -0.2) is 25.1 Å². The standard InChI is InChI=1S/C15H14N2O5/c1-21-13-9-10(8-12(17(19)20)14(13)22-2)15(18)16-11-6-4-3-5-7-11/h3-9H,1-2H3,(H,16,18). The van der Waals surface area contributed by atoms with Crippen LogP contribution in [-0.2, 0) is 0 Å². The van der Waals surface area contributed by atoms with Crippen LogP contribution in [0.3, 0.4) is 0 Å². The van der Waals surface area contributed by atoms with Gasteiger partial charge in [-0.25, -0.2) is 0 Å². The van der Waals surface area contributed by atoms with Crippen LogP contribution in [0, 0.1) is 10.1 Å². The van der Waals surface area contributed by atoms with Crippen LogP contribution in [0.4, 0.5) is 11.4 Å². The van der Waals surface area contributed by atoms with Crippen molar-refractivity contribution in [2.24, 2.45) is 0 Å². The lowest BCUT2D eigenvalue weighted by Gasteiger charge is -2.10. The maximum absolute atomic E-state index is 12.2. The Hall–Kier alpha value is -3.09. The Morgan fingerprint density at radius 2 is 1.82 bits per heavy atom. The topological polar surface area (TPSA) is 90.7 Å². The van der Waals surface area contributed by atoms with E-state index < -0.39 is 10.8 Å². The molecule has 114 valence electrons. The molecule has 1 amide bonds. The van der Waals surface area contributed by atoms with Crippen LogP contribution in [0.5, 0.6) is 11.5 Å². The molecule has 7 nitrogen and oxygen atoms in total. The van der Waals surface area contributed by atoms with Crippen molar-refractivity contribution in [2.45, 2.75) is 0 Å². The highest BCUT2D eigenvalue weighted by Crippen LogP contribution is 2.38. The summed E-state index contributed by atoms with van der Waals surface area (Å²) in [5, 5.41) is 13.8. The quantitative estimate of drug-likeness (QED) is 0.677. The van der Waals surface area contributed by atoms with Crippen LogP contribution in [0.25, 0.3) is 0 Å². The number of hydrogen-bond acceptors (Lipinski definition) is 5. The first kappa shape index (κ1) is 15.3. The molecule has 0 saturated carbocycles. The van der Waals surface area contributed by atoms with Crippen LogP contribution in [0.15, 0.2) is 42.5 Å². The van der Waals surface area contributed by atoms with E-state index >= 15 is 0 Å². The van der Waals surface area contributed by atoms with E-state index in [2.05, 4.69) is 5.32 Å². The van der Waals surface area contributed by atoms with Crippen molar-refractivity contribution in [1.82, 2.24) is 0 Å². The van der Waals surface area contributed by atoms with Crippen molar-refractivity contribution in [3.8, 4) is 11.5 Å². The molecule has 2 aromatic rings. The van der Waals surface area contributed by atoms with Gasteiger partial charge in [-0.1, -0.05) is 18.2 Å². The lowest BCUT2D eigenvalue weighted by Crippen LogP contribution is -2.12. The number of benzene rings is 2. The Morgan fingerprint density at radius 3 is 2.36 bits per heavy atom. The first-order chi connectivity index (χ1) is 10.6. The van der Waals surface area contributed by atoms with E-state index in [9.17, 15) is 14.9 Å². The summed E-state index contributed by atoms with van der Waals surface area (Å²) >= 11 is 0. The van der Waals surface area contributed by atoms with Crippen LogP contribution in [0.2, 0.25) is 0 Å². The summed E-state index contributed by atoms with van der Waals surface area (Å²) in [5.41, 5.74) is 0.359. The second kappa shape index (κ2) is 6.57. The van der Waals surface area contributed by atoms with Gasteiger partial charge in [0.2, 0.25) is 5.75 Å². The Bertz CT molecular complexity index is 701. The van der Waals surface area contributed by atoms with Crippen molar-refractivity contribution in [2.75, 3.05) is 19.5 Å². The summed E-state index contributed by atoms with van der Waals surface area (Å²) in [4.78, 5) is 22.7. The average molecular weight is 302 g/mol. The molecular weight excluding hydrogens is 288 g/mol. The van der Waals surface area contributed by atoms with Crippen molar-refractivity contribution < 1.29 is 19.2 Å². The molecule has 0 heterocycles. The third-order valence-corrected chi connectivity index (χ3v) is 2.95. The van der Waals surface area contributed by atoms with Crippen molar-refractivity contribution in [3.63, 3.8) is 0 Å². The van der Waals surface area contributed by atoms with Gasteiger partial charge >= 0.3 is 5.69 Å². The number of carbonyl (C=O) groups excluding carboxylic acids is 1. The zero-order chi connectivity index (χ0) is 16.1. The number of nitrogens with zero attached hydrogens (tertiary/aromatic N) is 1. The molecule has 0 atom stereocenters. The Morgan fingerprint density at radius 1 is 1.14 bits per heavy atom. The van der Waals surface area contributed by atoms with Crippen LogP contribution in [0.1, 0.15) is 10.4 Å². The summed E-state index contributed by atoms with van der Waals surface area (Å²) in [7, 11) is 2.65. The number of ether oxygens (including phenoxy) is 2. The van der Waals surface area contributed by atoms with Crippen molar-refractivity contribution in [1.29, 1.82) is 0 Å². The Labute approximate surface area is 126 Å². The SMILES string of the molecule is COc1cc(C(=O)Nc2ccccc2)cc([N+](=O)[O-])c1OC. The highest BCUT2D eigenvalue weighted by molar-refractivity contribution is 6.05. The van der Waals surface area contributed by atoms with Crippen LogP contribution < -0.4 is 14.8 Å². The third-order valence-electron chi connectivity index (χ3n) is 2.95. The third kappa shape index (κ3) is 3.14. The number of methoxy groups -OCH3 is 2. The molecule has 0 aliphatic carbocycles. The summed E-state index contributed by atoms with van der Waals surface area (Å²) in [5.74, 6) is -0.381. The van der Waals surface area contributed by atoms with Gasteiger partial charge < -0.3 is 14.8 Å². The summed E-state index contributed by atoms with van der Waals surface area (Å²) in [6.07, 6.45) is 0. The molecular formula is C15H14N2O5. The first-order valence-corrected chi connectivity index (χ1v) is 6.33. The number of hydrogen-bond donors (Lipinski definition) is 1. The summed E-state index contributed by atoms with van der Waals surface area (Å²) in [6, 6.07) is 11.3. The number of carbonyl (C=O) groups is 1. The van der Waals surface area contributed by atoms with Gasteiger partial charge in [0.15, 0.2) is 5.75 Å². The van der Waals surface area contributed by atoms with Gasteiger partial charge in [0.25, 0.3) is 5.91 Å². The van der Waals surface area contributed by atoms with Gasteiger partial charge in [-0.15, -0.1) is 0 Å². The Balaban J connectivity index is 2.40. The number of para-hydroxylation sites is 1. The summed E-state index contributed by atoms with van der Waals surface area (Å²) in [6.45, 7) is 0. The second-order valence-electron chi connectivity index (χ2n) is 4.31. The number of anilines is 1. The minimum atomic E-state index is -0.624. The first-order valence-electron chi connectivity index (χ1n) is 6.33. The van der Waals surface area contributed by atoms with E-state index in [1.807, 2.05) is 6.07 Å². The fraction of sp³-hybridized carbons (Fsp3) is 0.133. The van der Waals surface area contributed by atoms with Gasteiger partial charge in [0, 0.05) is 11.8 Å². The summed E-state index contributed by atoms with van der Waals surface area (Å²) < 4.78 is 10.0. The lowest BCUT2D eigenvalue weighted by molar-refractivity contribution is -0.385. The zero-order valence-electron chi connectivity index (χ0n) is 12.0. The highest BCUT2D eigenvalue weighted by atomic mass is 16.6. The minimum Gasteiger partial charge on any atom is -0.493 e. The molecule has 2 aromatic carbocycles. The van der Waals surface area contributed by atoms with Gasteiger partial charge in [0.05, 0.1) is 24.7 Å². The molecule has 2 rings (SSSR count). The molecule has 0 aliphatic rings. The number of amides is 1. The van der Waals surface area contributed by atoms with E-state index in [-0.39, 0.29) is 22.7 Å². The van der Waals surface area contributed by atoms with Gasteiger partial charge in [0.1, 0.15) is 0 Å². The molecule has 0 aliphatic heterocycles. The number of nitro groups is 1. The maximum Gasteiger partial charge on any atom is 0.315 e.